The Labute approximate surface area is 82.5 Å². The highest BCUT2D eigenvalue weighted by Crippen LogP contribution is 2.18. The summed E-state index contributed by atoms with van der Waals surface area (Å²) in [6.45, 7) is 3.30. The number of nitrogens with two attached hydrogens (primary N) is 1. The van der Waals surface area contributed by atoms with Crippen molar-refractivity contribution < 1.29 is 14.4 Å². The first-order valence-corrected chi connectivity index (χ1v) is 4.27. The van der Waals surface area contributed by atoms with Gasteiger partial charge in [-0.25, -0.2) is 4.39 Å². The largest absolute Gasteiger partial charge is 0.488 e. The van der Waals surface area contributed by atoms with Gasteiger partial charge in [-0.15, -0.1) is 0 Å². The Kier molecular flexibility index (Phi) is 2.94. The highest BCUT2D eigenvalue weighted by Gasteiger charge is 2.21. The van der Waals surface area contributed by atoms with Crippen molar-refractivity contribution in [1.82, 2.24) is 0 Å². The molecule has 0 radical (unpaired) electrons. The zero-order valence-electron chi connectivity index (χ0n) is 8.16. The summed E-state index contributed by atoms with van der Waals surface area (Å²) < 4.78 is 13.3. The van der Waals surface area contributed by atoms with Gasteiger partial charge in [-0.3, -0.25) is 0 Å². The molecule has 0 amide bonds. The lowest BCUT2D eigenvalue weighted by Gasteiger charge is -2.20. The Balaban J connectivity index is 3.22. The minimum Gasteiger partial charge on any atom is -0.423 e. The topological polar surface area (TPSA) is 66.5 Å². The van der Waals surface area contributed by atoms with Gasteiger partial charge in [0, 0.05) is 11.1 Å². The quantitative estimate of drug-likeness (QED) is 0.570. The minimum absolute atomic E-state index is 0.236. The Morgan fingerprint density at radius 2 is 1.93 bits per heavy atom. The van der Waals surface area contributed by atoms with Gasteiger partial charge in [0.15, 0.2) is 0 Å². The second kappa shape index (κ2) is 3.69. The molecule has 0 aliphatic heterocycles. The highest BCUT2D eigenvalue weighted by atomic mass is 19.1. The van der Waals surface area contributed by atoms with E-state index in [1.54, 1.807) is 13.8 Å². The van der Waals surface area contributed by atoms with Crippen molar-refractivity contribution >= 4 is 12.6 Å². The summed E-state index contributed by atoms with van der Waals surface area (Å²) in [7, 11) is -1.60. The zero-order valence-corrected chi connectivity index (χ0v) is 8.16. The van der Waals surface area contributed by atoms with E-state index in [4.69, 9.17) is 15.8 Å². The van der Waals surface area contributed by atoms with Gasteiger partial charge in [0.1, 0.15) is 5.82 Å². The van der Waals surface area contributed by atoms with Crippen LogP contribution in [-0.2, 0) is 5.54 Å². The van der Waals surface area contributed by atoms with Crippen LogP contribution in [0.3, 0.4) is 0 Å². The maximum atomic E-state index is 13.3. The monoisotopic (exact) mass is 197 g/mol. The van der Waals surface area contributed by atoms with Gasteiger partial charge in [-0.1, -0.05) is 12.1 Å². The van der Waals surface area contributed by atoms with E-state index < -0.39 is 18.5 Å². The fraction of sp³-hybridized carbons (Fsp3) is 0.333. The van der Waals surface area contributed by atoms with E-state index in [0.717, 1.165) is 0 Å². The molecular formula is C9H13BFNO2. The Hall–Kier alpha value is -0.905. The second-order valence-electron chi connectivity index (χ2n) is 3.83. The van der Waals surface area contributed by atoms with Gasteiger partial charge >= 0.3 is 7.12 Å². The van der Waals surface area contributed by atoms with Gasteiger partial charge in [-0.2, -0.15) is 0 Å². The first-order valence-electron chi connectivity index (χ1n) is 4.27. The van der Waals surface area contributed by atoms with E-state index in [2.05, 4.69) is 0 Å². The van der Waals surface area contributed by atoms with Crippen molar-refractivity contribution in [3.8, 4) is 0 Å². The molecule has 0 bridgehead atoms. The summed E-state index contributed by atoms with van der Waals surface area (Å²) in [6.07, 6.45) is 0. The van der Waals surface area contributed by atoms with Crippen LogP contribution in [0.2, 0.25) is 0 Å². The Morgan fingerprint density at radius 3 is 2.36 bits per heavy atom. The molecule has 0 atom stereocenters. The van der Waals surface area contributed by atoms with Crippen molar-refractivity contribution in [3.05, 3.63) is 29.6 Å². The molecule has 3 nitrogen and oxygen atoms in total. The molecule has 0 aromatic heterocycles. The molecule has 76 valence electrons. The molecule has 0 aliphatic carbocycles. The molecule has 0 saturated carbocycles. The van der Waals surface area contributed by atoms with E-state index in [-0.39, 0.29) is 11.0 Å². The molecule has 4 N–H and O–H groups in total. The average molecular weight is 197 g/mol. The second-order valence-corrected chi connectivity index (χ2v) is 3.83. The molecule has 0 unspecified atom stereocenters. The average Bonchev–Trinajstić information content (AvgIpc) is 2.02. The third kappa shape index (κ3) is 2.32. The van der Waals surface area contributed by atoms with E-state index in [9.17, 15) is 4.39 Å². The predicted octanol–water partition coefficient (Wildman–Crippen LogP) is -0.301. The molecule has 5 heteroatoms. The summed E-state index contributed by atoms with van der Waals surface area (Å²) in [5, 5.41) is 17.8. The van der Waals surface area contributed by atoms with Gasteiger partial charge in [0.2, 0.25) is 0 Å². The van der Waals surface area contributed by atoms with Crippen LogP contribution in [-0.4, -0.2) is 17.2 Å². The molecule has 14 heavy (non-hydrogen) atoms. The number of rotatable bonds is 2. The summed E-state index contributed by atoms with van der Waals surface area (Å²) in [4.78, 5) is 0. The van der Waals surface area contributed by atoms with Crippen molar-refractivity contribution in [2.75, 3.05) is 0 Å². The maximum absolute atomic E-state index is 13.3. The fourth-order valence-corrected chi connectivity index (χ4v) is 1.20. The van der Waals surface area contributed by atoms with E-state index in [1.807, 2.05) is 0 Å². The number of hydrogen-bond donors (Lipinski definition) is 3. The smallest absolute Gasteiger partial charge is 0.423 e. The molecule has 0 saturated heterocycles. The van der Waals surface area contributed by atoms with E-state index in [0.29, 0.717) is 0 Å². The molecule has 0 heterocycles. The highest BCUT2D eigenvalue weighted by molar-refractivity contribution is 6.58. The third-order valence-electron chi connectivity index (χ3n) is 1.98. The van der Waals surface area contributed by atoms with Gasteiger partial charge < -0.3 is 15.8 Å². The first-order chi connectivity index (χ1) is 6.32. The molecule has 1 aromatic carbocycles. The molecular weight excluding hydrogens is 184 g/mol. The van der Waals surface area contributed by atoms with Gasteiger partial charge in [0.25, 0.3) is 0 Å². The van der Waals surface area contributed by atoms with Crippen molar-refractivity contribution in [1.29, 1.82) is 0 Å². The van der Waals surface area contributed by atoms with Crippen LogP contribution in [0.25, 0.3) is 0 Å². The molecule has 1 aromatic rings. The summed E-state index contributed by atoms with van der Waals surface area (Å²) in [6, 6.07) is 3.86. The van der Waals surface area contributed by atoms with Gasteiger partial charge in [-0.05, 0) is 25.4 Å². The first kappa shape index (κ1) is 11.2. The molecule has 0 aliphatic rings. The van der Waals surface area contributed by atoms with Crippen LogP contribution in [0.4, 0.5) is 4.39 Å². The summed E-state index contributed by atoms with van der Waals surface area (Å²) >= 11 is 0. The standard InChI is InChI=1S/C9H13BFNO2/c1-9(2,12)7-5-6(10(13)14)3-4-8(7)11/h3-5,13-14H,12H2,1-2H3. The fourth-order valence-electron chi connectivity index (χ4n) is 1.20. The molecule has 0 spiro atoms. The lowest BCUT2D eigenvalue weighted by molar-refractivity contribution is 0.425. The van der Waals surface area contributed by atoms with Crippen LogP contribution in [0.1, 0.15) is 19.4 Å². The van der Waals surface area contributed by atoms with Crippen molar-refractivity contribution in [3.63, 3.8) is 0 Å². The lowest BCUT2D eigenvalue weighted by Crippen LogP contribution is -2.35. The van der Waals surface area contributed by atoms with Crippen LogP contribution in [0.5, 0.6) is 0 Å². The van der Waals surface area contributed by atoms with E-state index in [1.165, 1.54) is 18.2 Å². The van der Waals surface area contributed by atoms with E-state index >= 15 is 0 Å². The molecule has 0 fully saturated rings. The number of hydrogen-bond acceptors (Lipinski definition) is 3. The Bertz CT molecular complexity index is 336. The minimum atomic E-state index is -1.60. The number of benzene rings is 1. The third-order valence-corrected chi connectivity index (χ3v) is 1.98. The Morgan fingerprint density at radius 1 is 1.36 bits per heavy atom. The summed E-state index contributed by atoms with van der Waals surface area (Å²) in [5.74, 6) is -0.443. The SMILES string of the molecule is CC(C)(N)c1cc(B(O)O)ccc1F. The summed E-state index contributed by atoms with van der Waals surface area (Å²) in [5.41, 5.74) is 5.39. The lowest BCUT2D eigenvalue weighted by atomic mass is 9.78. The number of halogens is 1. The van der Waals surface area contributed by atoms with Gasteiger partial charge in [0.05, 0.1) is 0 Å². The van der Waals surface area contributed by atoms with Crippen LogP contribution in [0, 0.1) is 5.82 Å². The normalized spacial score (nSPS) is 11.6. The van der Waals surface area contributed by atoms with Crippen LogP contribution in [0.15, 0.2) is 18.2 Å². The van der Waals surface area contributed by atoms with Crippen LogP contribution < -0.4 is 11.2 Å². The van der Waals surface area contributed by atoms with Crippen molar-refractivity contribution in [2.45, 2.75) is 19.4 Å². The maximum Gasteiger partial charge on any atom is 0.488 e. The van der Waals surface area contributed by atoms with Crippen LogP contribution >= 0.6 is 0 Å². The zero-order chi connectivity index (χ0) is 10.9. The molecule has 1 rings (SSSR count). The predicted molar refractivity (Wildman–Crippen MR) is 53.4 cm³/mol. The van der Waals surface area contributed by atoms with Crippen molar-refractivity contribution in [2.24, 2.45) is 5.73 Å².